The summed E-state index contributed by atoms with van der Waals surface area (Å²) in [6.45, 7) is 3.65. The Morgan fingerprint density at radius 1 is 1.31 bits per heavy atom. The van der Waals surface area contributed by atoms with Crippen molar-refractivity contribution in [3.05, 3.63) is 46.5 Å². The van der Waals surface area contributed by atoms with Crippen molar-refractivity contribution in [2.24, 2.45) is 0 Å². The number of hydrogen-bond donors (Lipinski definition) is 1. The van der Waals surface area contributed by atoms with Crippen LogP contribution < -0.4 is 0 Å². The molecule has 0 spiro atoms. The van der Waals surface area contributed by atoms with Crippen LogP contribution in [0, 0.1) is 0 Å². The lowest BCUT2D eigenvalue weighted by atomic mass is 10.0. The molecule has 0 aliphatic heterocycles. The van der Waals surface area contributed by atoms with Gasteiger partial charge in [0.25, 0.3) is 0 Å². The fourth-order valence-electron chi connectivity index (χ4n) is 1.56. The monoisotopic (exact) mass is 258 g/mol. The molecule has 3 heteroatoms. The van der Waals surface area contributed by atoms with Crippen LogP contribution in [-0.4, -0.2) is 11.2 Å². The average Bonchev–Trinajstić information content (AvgIpc) is 2.24. The van der Waals surface area contributed by atoms with Crippen LogP contribution in [0.5, 0.6) is 0 Å². The number of aliphatic hydroxyl groups is 1. The third-order valence-corrected chi connectivity index (χ3v) is 3.16. The molecule has 0 aliphatic carbocycles. The van der Waals surface area contributed by atoms with Crippen molar-refractivity contribution in [2.45, 2.75) is 31.8 Å². The zero-order chi connectivity index (χ0) is 12.0. The Hall–Kier alpha value is -0.500. The molecule has 0 amide bonds. The maximum absolute atomic E-state index is 9.83. The van der Waals surface area contributed by atoms with E-state index in [1.807, 2.05) is 6.08 Å². The van der Waals surface area contributed by atoms with E-state index in [9.17, 15) is 5.11 Å². The number of rotatable bonds is 6. The highest BCUT2D eigenvalue weighted by molar-refractivity contribution is 6.35. The van der Waals surface area contributed by atoms with Crippen LogP contribution in [0.3, 0.4) is 0 Å². The van der Waals surface area contributed by atoms with E-state index in [1.165, 1.54) is 0 Å². The van der Waals surface area contributed by atoms with Gasteiger partial charge in [-0.15, -0.1) is 6.58 Å². The van der Waals surface area contributed by atoms with E-state index < -0.39 is 6.10 Å². The Morgan fingerprint density at radius 2 is 1.94 bits per heavy atom. The van der Waals surface area contributed by atoms with Gasteiger partial charge >= 0.3 is 0 Å². The molecule has 0 aromatic heterocycles. The summed E-state index contributed by atoms with van der Waals surface area (Å²) < 4.78 is 0. The van der Waals surface area contributed by atoms with Gasteiger partial charge in [0.05, 0.1) is 6.10 Å². The summed E-state index contributed by atoms with van der Waals surface area (Å²) >= 11 is 12.0. The molecule has 88 valence electrons. The molecule has 0 heterocycles. The molecular weight excluding hydrogens is 243 g/mol. The summed E-state index contributed by atoms with van der Waals surface area (Å²) in [5.74, 6) is 0. The topological polar surface area (TPSA) is 20.2 Å². The largest absolute Gasteiger partial charge is 0.393 e. The lowest BCUT2D eigenvalue weighted by Crippen LogP contribution is -2.10. The van der Waals surface area contributed by atoms with E-state index in [0.717, 1.165) is 24.8 Å². The second-order valence-corrected chi connectivity index (χ2v) is 4.59. The van der Waals surface area contributed by atoms with Crippen LogP contribution in [0.15, 0.2) is 30.9 Å². The van der Waals surface area contributed by atoms with Crippen molar-refractivity contribution in [3.63, 3.8) is 0 Å². The van der Waals surface area contributed by atoms with Gasteiger partial charge in [-0.05, 0) is 37.0 Å². The average molecular weight is 259 g/mol. The van der Waals surface area contributed by atoms with Crippen molar-refractivity contribution in [1.29, 1.82) is 0 Å². The second-order valence-electron chi connectivity index (χ2n) is 3.78. The van der Waals surface area contributed by atoms with Crippen molar-refractivity contribution in [2.75, 3.05) is 0 Å². The number of hydrogen-bond acceptors (Lipinski definition) is 1. The van der Waals surface area contributed by atoms with Crippen molar-refractivity contribution >= 4 is 23.2 Å². The third kappa shape index (κ3) is 4.17. The number of unbranched alkanes of at least 4 members (excludes halogenated alkanes) is 1. The third-order valence-electron chi connectivity index (χ3n) is 2.45. The highest BCUT2D eigenvalue weighted by Crippen LogP contribution is 2.26. The van der Waals surface area contributed by atoms with Gasteiger partial charge < -0.3 is 5.11 Å². The zero-order valence-electron chi connectivity index (χ0n) is 9.13. The molecule has 1 unspecified atom stereocenters. The molecule has 1 atom stereocenters. The Morgan fingerprint density at radius 3 is 2.50 bits per heavy atom. The molecule has 1 rings (SSSR count). The summed E-state index contributed by atoms with van der Waals surface area (Å²) in [6.07, 6.45) is 4.58. The molecule has 1 nitrogen and oxygen atoms in total. The van der Waals surface area contributed by atoms with Crippen LogP contribution in [0.4, 0.5) is 0 Å². The quantitative estimate of drug-likeness (QED) is 0.598. The second kappa shape index (κ2) is 6.95. The summed E-state index contributed by atoms with van der Waals surface area (Å²) in [7, 11) is 0. The minimum Gasteiger partial charge on any atom is -0.393 e. The van der Waals surface area contributed by atoms with E-state index in [0.29, 0.717) is 16.5 Å². The zero-order valence-corrected chi connectivity index (χ0v) is 10.6. The SMILES string of the molecule is C=CCCCC(O)Cc1c(Cl)cccc1Cl. The normalized spacial score (nSPS) is 12.4. The Labute approximate surface area is 107 Å². The predicted octanol–water partition coefficient (Wildman–Crippen LogP) is 4.25. The smallest absolute Gasteiger partial charge is 0.0581 e. The maximum atomic E-state index is 9.83. The molecule has 1 N–H and O–H groups in total. The van der Waals surface area contributed by atoms with Crippen molar-refractivity contribution in [1.82, 2.24) is 0 Å². The molecule has 0 bridgehead atoms. The summed E-state index contributed by atoms with van der Waals surface area (Å²) in [5, 5.41) is 11.1. The predicted molar refractivity (Wildman–Crippen MR) is 70.2 cm³/mol. The first-order valence-corrected chi connectivity index (χ1v) is 6.12. The summed E-state index contributed by atoms with van der Waals surface area (Å²) in [5.41, 5.74) is 0.830. The molecule has 0 radical (unpaired) electrons. The van der Waals surface area contributed by atoms with Gasteiger partial charge in [-0.1, -0.05) is 35.3 Å². The number of allylic oxidation sites excluding steroid dienone is 1. The fourth-order valence-corrected chi connectivity index (χ4v) is 2.11. The van der Waals surface area contributed by atoms with Crippen molar-refractivity contribution < 1.29 is 5.11 Å². The lowest BCUT2D eigenvalue weighted by molar-refractivity contribution is 0.162. The van der Waals surface area contributed by atoms with Gasteiger partial charge in [-0.2, -0.15) is 0 Å². The molecule has 1 aromatic rings. The van der Waals surface area contributed by atoms with Gasteiger partial charge in [-0.25, -0.2) is 0 Å². The first-order valence-electron chi connectivity index (χ1n) is 5.37. The van der Waals surface area contributed by atoms with Crippen LogP contribution in [0.2, 0.25) is 10.0 Å². The van der Waals surface area contributed by atoms with Crippen LogP contribution in [-0.2, 0) is 6.42 Å². The molecule has 0 fully saturated rings. The molecule has 1 aromatic carbocycles. The van der Waals surface area contributed by atoms with E-state index in [-0.39, 0.29) is 0 Å². The summed E-state index contributed by atoms with van der Waals surface area (Å²) in [6, 6.07) is 5.39. The Bertz CT molecular complexity index is 330. The number of aliphatic hydroxyl groups excluding tert-OH is 1. The Balaban J connectivity index is 2.55. The molecular formula is C13H16Cl2O. The van der Waals surface area contributed by atoms with Gasteiger partial charge in [0.2, 0.25) is 0 Å². The molecule has 0 saturated carbocycles. The summed E-state index contributed by atoms with van der Waals surface area (Å²) in [4.78, 5) is 0. The van der Waals surface area contributed by atoms with Gasteiger partial charge in [0.15, 0.2) is 0 Å². The van der Waals surface area contributed by atoms with E-state index in [1.54, 1.807) is 18.2 Å². The van der Waals surface area contributed by atoms with E-state index in [2.05, 4.69) is 6.58 Å². The highest BCUT2D eigenvalue weighted by atomic mass is 35.5. The minimum atomic E-state index is -0.391. The molecule has 0 saturated heterocycles. The molecule has 0 aliphatic rings. The van der Waals surface area contributed by atoms with Gasteiger partial charge in [-0.3, -0.25) is 0 Å². The standard InChI is InChI=1S/C13H16Cl2O/c1-2-3-4-6-10(16)9-11-12(14)7-5-8-13(11)15/h2,5,7-8,10,16H,1,3-4,6,9H2. The van der Waals surface area contributed by atoms with E-state index in [4.69, 9.17) is 23.2 Å². The molecule has 16 heavy (non-hydrogen) atoms. The van der Waals surface area contributed by atoms with Crippen LogP contribution in [0.1, 0.15) is 24.8 Å². The van der Waals surface area contributed by atoms with Crippen molar-refractivity contribution in [3.8, 4) is 0 Å². The Kier molecular flexibility index (Phi) is 5.89. The van der Waals surface area contributed by atoms with Gasteiger partial charge in [0, 0.05) is 16.5 Å². The fraction of sp³-hybridized carbons (Fsp3) is 0.385. The van der Waals surface area contributed by atoms with E-state index >= 15 is 0 Å². The van der Waals surface area contributed by atoms with Crippen LogP contribution >= 0.6 is 23.2 Å². The highest BCUT2D eigenvalue weighted by Gasteiger charge is 2.11. The number of halogens is 2. The van der Waals surface area contributed by atoms with Gasteiger partial charge in [0.1, 0.15) is 0 Å². The van der Waals surface area contributed by atoms with Crippen LogP contribution in [0.25, 0.3) is 0 Å². The first kappa shape index (κ1) is 13.6. The first-order chi connectivity index (χ1) is 7.65. The lowest BCUT2D eigenvalue weighted by Gasteiger charge is -2.12. The number of benzene rings is 1. The minimum absolute atomic E-state index is 0.391. The maximum Gasteiger partial charge on any atom is 0.0581 e.